The van der Waals surface area contributed by atoms with E-state index in [0.29, 0.717) is 0 Å². The fourth-order valence-corrected chi connectivity index (χ4v) is 0.618. The Morgan fingerprint density at radius 3 is 1.73 bits per heavy atom. The van der Waals surface area contributed by atoms with E-state index in [9.17, 15) is 4.79 Å². The van der Waals surface area contributed by atoms with E-state index in [1.807, 2.05) is 0 Å². The molecule has 0 fully saturated rings. The summed E-state index contributed by atoms with van der Waals surface area (Å²) in [6.07, 6.45) is -6.84. The summed E-state index contributed by atoms with van der Waals surface area (Å²) in [7, 11) is 0. The summed E-state index contributed by atoms with van der Waals surface area (Å²) in [5.41, 5.74) is 0. The Morgan fingerprint density at radius 1 is 1.07 bits per heavy atom. The predicted octanol–water partition coefficient (Wildman–Crippen LogP) is -3.39. The summed E-state index contributed by atoms with van der Waals surface area (Å²) in [5.74, 6) is 0. The summed E-state index contributed by atoms with van der Waals surface area (Å²) in [6.45, 7) is -0.760. The Kier molecular flexibility index (Phi) is 21.8. The van der Waals surface area contributed by atoms with Crippen molar-refractivity contribution in [3.63, 3.8) is 0 Å². The van der Waals surface area contributed by atoms with Gasteiger partial charge in [0.1, 0.15) is 24.4 Å². The van der Waals surface area contributed by atoms with Crippen molar-refractivity contribution in [1.29, 1.82) is 0 Å². The molecule has 0 saturated heterocycles. The summed E-state index contributed by atoms with van der Waals surface area (Å²) < 4.78 is 0. The molecule has 0 amide bonds. The first-order valence-electron chi connectivity index (χ1n) is 3.33. The van der Waals surface area contributed by atoms with Crippen LogP contribution in [-0.2, 0) is 55.1 Å². The summed E-state index contributed by atoms with van der Waals surface area (Å²) in [4.78, 5) is 9.90. The van der Waals surface area contributed by atoms with Crippen molar-refractivity contribution in [2.45, 2.75) is 24.4 Å². The molecular weight excluding hydrogens is 341 g/mol. The summed E-state index contributed by atoms with van der Waals surface area (Å²) in [5, 5.41) is 43.5. The number of rotatable bonds is 5. The Balaban J connectivity index is -0.000000202. The summed E-state index contributed by atoms with van der Waals surface area (Å²) >= 11 is 0. The van der Waals surface area contributed by atoms with Crippen LogP contribution >= 0.6 is 0 Å². The quantitative estimate of drug-likeness (QED) is 0.260. The maximum atomic E-state index is 9.90. The molecule has 15 heavy (non-hydrogen) atoms. The van der Waals surface area contributed by atoms with Gasteiger partial charge in [0.25, 0.3) is 0 Å². The first-order valence-corrected chi connectivity index (χ1v) is 3.33. The number of carbonyl (C=O) groups excluding carboxylic acids is 1. The van der Waals surface area contributed by atoms with Crippen molar-refractivity contribution >= 4 is 6.29 Å². The number of aliphatic hydroxyl groups excluding tert-OH is 5. The Bertz CT molecular complexity index is 154. The van der Waals surface area contributed by atoms with E-state index in [2.05, 4.69) is 0 Å². The molecule has 0 aliphatic carbocycles. The molecule has 0 saturated carbocycles. The third kappa shape index (κ3) is 8.76. The fraction of sp³-hybridized carbons (Fsp3) is 0.833. The molecule has 0 aliphatic rings. The first kappa shape index (κ1) is 25.0. The van der Waals surface area contributed by atoms with Crippen molar-refractivity contribution in [3.05, 3.63) is 0 Å². The van der Waals surface area contributed by atoms with Crippen LogP contribution in [0.5, 0.6) is 0 Å². The molecule has 0 aromatic carbocycles. The van der Waals surface area contributed by atoms with Crippen LogP contribution in [0, 0.1) is 0 Å². The van der Waals surface area contributed by atoms with Crippen LogP contribution in [0.1, 0.15) is 0 Å². The zero-order valence-corrected chi connectivity index (χ0v) is 10.5. The number of carbonyl (C=O) groups is 1. The van der Waals surface area contributed by atoms with E-state index in [-0.39, 0.29) is 56.6 Å². The molecule has 5 N–H and O–H groups in total. The van der Waals surface area contributed by atoms with Crippen molar-refractivity contribution in [2.24, 2.45) is 0 Å². The van der Waals surface area contributed by atoms with Gasteiger partial charge in [-0.25, -0.2) is 0 Å². The third-order valence-corrected chi connectivity index (χ3v) is 1.42. The third-order valence-electron chi connectivity index (χ3n) is 1.42. The number of aliphatic hydroxyl groups is 5. The van der Waals surface area contributed by atoms with Crippen molar-refractivity contribution in [3.8, 4) is 0 Å². The molecule has 4 unspecified atom stereocenters. The second kappa shape index (κ2) is 13.1. The van der Waals surface area contributed by atoms with Gasteiger partial charge in [0.2, 0.25) is 0 Å². The minimum Gasteiger partial charge on any atom is -0.394 e. The zero-order valence-electron chi connectivity index (χ0n) is 7.27. The van der Waals surface area contributed by atoms with Gasteiger partial charge in [0, 0.05) is 50.3 Å². The molecule has 0 bridgehead atoms. The van der Waals surface area contributed by atoms with Gasteiger partial charge in [-0.15, -0.1) is 0 Å². The van der Waals surface area contributed by atoms with E-state index in [1.54, 1.807) is 0 Å². The van der Waals surface area contributed by atoms with Crippen LogP contribution in [0.2, 0.25) is 0 Å². The summed E-state index contributed by atoms with van der Waals surface area (Å²) in [6, 6.07) is 0. The van der Waals surface area contributed by atoms with Crippen LogP contribution in [-0.4, -0.2) is 62.8 Å². The van der Waals surface area contributed by atoms with Crippen LogP contribution in [0.25, 0.3) is 0 Å². The number of hydrogen-bond acceptors (Lipinski definition) is 6. The van der Waals surface area contributed by atoms with Gasteiger partial charge in [0.05, 0.1) is 6.61 Å². The standard InChI is InChI=1S/C6H12O6.Co.Mn.Ni/c7-1-3(9)5(11)6(12)4(10)2-8;;;/h1,3-6,8-12H,2H2;;;. The van der Waals surface area contributed by atoms with Crippen LogP contribution in [0.3, 0.4) is 0 Å². The van der Waals surface area contributed by atoms with Crippen LogP contribution in [0.15, 0.2) is 0 Å². The average Bonchev–Trinajstić information content (AvgIpc) is 2.12. The molecule has 0 aromatic heterocycles. The molecule has 0 aliphatic heterocycles. The largest absolute Gasteiger partial charge is 0.394 e. The second-order valence-corrected chi connectivity index (χ2v) is 2.36. The Labute approximate surface area is 118 Å². The molecule has 0 heterocycles. The van der Waals surface area contributed by atoms with Gasteiger partial charge in [-0.05, 0) is 0 Å². The maximum absolute atomic E-state index is 9.90. The molecule has 2 radical (unpaired) electrons. The Hall–Kier alpha value is 0.989. The number of aldehydes is 1. The fourth-order valence-electron chi connectivity index (χ4n) is 0.618. The molecular formula is C6H12CoMnNiO6. The predicted molar refractivity (Wildman–Crippen MR) is 37.2 cm³/mol. The van der Waals surface area contributed by atoms with Crippen molar-refractivity contribution in [2.75, 3.05) is 6.61 Å². The molecule has 0 aromatic rings. The normalized spacial score (nSPS) is 16.9. The molecule has 9 heteroatoms. The van der Waals surface area contributed by atoms with Gasteiger partial charge in [-0.1, -0.05) is 0 Å². The van der Waals surface area contributed by atoms with Gasteiger partial charge in [-0.2, -0.15) is 0 Å². The first-order chi connectivity index (χ1) is 5.54. The average molecular weight is 353 g/mol. The van der Waals surface area contributed by atoms with Gasteiger partial charge in [-0.3, -0.25) is 0 Å². The number of hydrogen-bond donors (Lipinski definition) is 5. The van der Waals surface area contributed by atoms with E-state index in [4.69, 9.17) is 25.5 Å². The van der Waals surface area contributed by atoms with Crippen LogP contribution in [0.4, 0.5) is 0 Å². The minimum absolute atomic E-state index is 0. The van der Waals surface area contributed by atoms with Crippen LogP contribution < -0.4 is 0 Å². The minimum atomic E-state index is -1.79. The molecule has 4 atom stereocenters. The van der Waals surface area contributed by atoms with Crippen molar-refractivity contribution in [1.82, 2.24) is 0 Å². The molecule has 0 spiro atoms. The van der Waals surface area contributed by atoms with E-state index < -0.39 is 31.0 Å². The van der Waals surface area contributed by atoms with E-state index in [1.165, 1.54) is 0 Å². The van der Waals surface area contributed by atoms with Gasteiger partial charge < -0.3 is 30.3 Å². The smallest absolute Gasteiger partial charge is 0.151 e. The topological polar surface area (TPSA) is 118 Å². The molecule has 0 rings (SSSR count). The zero-order chi connectivity index (χ0) is 9.72. The monoisotopic (exact) mass is 352 g/mol. The van der Waals surface area contributed by atoms with Gasteiger partial charge >= 0.3 is 0 Å². The van der Waals surface area contributed by atoms with E-state index in [0.717, 1.165) is 0 Å². The SMILES string of the molecule is O=CC(O)C(O)C(O)C(O)CO.[Co].[Mn].[Ni]. The Morgan fingerprint density at radius 2 is 1.47 bits per heavy atom. The van der Waals surface area contributed by atoms with Crippen molar-refractivity contribution < 1.29 is 80.7 Å². The van der Waals surface area contributed by atoms with E-state index >= 15 is 0 Å². The molecule has 6 nitrogen and oxygen atoms in total. The maximum Gasteiger partial charge on any atom is 0.151 e. The van der Waals surface area contributed by atoms with Gasteiger partial charge in [0.15, 0.2) is 6.29 Å². The molecule has 98 valence electrons. The second-order valence-electron chi connectivity index (χ2n) is 2.36.